The molecule has 0 aromatic heterocycles. The molecule has 1 aliphatic heterocycles. The summed E-state index contributed by atoms with van der Waals surface area (Å²) in [6, 6.07) is 0. The third-order valence-electron chi connectivity index (χ3n) is 3.23. The SMILES string of the molecule is CCNC(C)(C)C(=O)NCC1CCN(C)C1. The minimum atomic E-state index is -0.459. The van der Waals surface area contributed by atoms with Crippen molar-refractivity contribution in [1.82, 2.24) is 15.5 Å². The third kappa shape index (κ3) is 3.76. The Morgan fingerprint density at radius 1 is 1.50 bits per heavy atom. The maximum absolute atomic E-state index is 11.9. The molecule has 0 aromatic rings. The molecule has 16 heavy (non-hydrogen) atoms. The zero-order valence-corrected chi connectivity index (χ0v) is 11.0. The summed E-state index contributed by atoms with van der Waals surface area (Å²) in [5.74, 6) is 0.718. The van der Waals surface area contributed by atoms with Gasteiger partial charge in [-0.15, -0.1) is 0 Å². The first-order valence-corrected chi connectivity index (χ1v) is 6.17. The quantitative estimate of drug-likeness (QED) is 0.716. The van der Waals surface area contributed by atoms with E-state index in [9.17, 15) is 4.79 Å². The molecule has 0 aliphatic carbocycles. The van der Waals surface area contributed by atoms with E-state index in [1.807, 2.05) is 20.8 Å². The van der Waals surface area contributed by atoms with Crippen LogP contribution in [0.25, 0.3) is 0 Å². The molecule has 94 valence electrons. The molecule has 1 heterocycles. The summed E-state index contributed by atoms with van der Waals surface area (Å²) in [7, 11) is 2.13. The van der Waals surface area contributed by atoms with Crippen LogP contribution in [0.1, 0.15) is 27.2 Å². The summed E-state index contributed by atoms with van der Waals surface area (Å²) in [5, 5.41) is 6.23. The Morgan fingerprint density at radius 3 is 2.69 bits per heavy atom. The van der Waals surface area contributed by atoms with Gasteiger partial charge in [-0.2, -0.15) is 0 Å². The van der Waals surface area contributed by atoms with Gasteiger partial charge in [-0.05, 0) is 46.3 Å². The average molecular weight is 227 g/mol. The number of hydrogen-bond donors (Lipinski definition) is 2. The Bertz CT molecular complexity index is 240. The maximum Gasteiger partial charge on any atom is 0.239 e. The predicted molar refractivity (Wildman–Crippen MR) is 66.4 cm³/mol. The lowest BCUT2D eigenvalue weighted by Gasteiger charge is -2.25. The molecule has 0 bridgehead atoms. The highest BCUT2D eigenvalue weighted by atomic mass is 16.2. The van der Waals surface area contributed by atoms with Crippen molar-refractivity contribution in [2.45, 2.75) is 32.7 Å². The summed E-state index contributed by atoms with van der Waals surface area (Å²) in [6.07, 6.45) is 1.19. The van der Waals surface area contributed by atoms with Crippen LogP contribution >= 0.6 is 0 Å². The van der Waals surface area contributed by atoms with Gasteiger partial charge < -0.3 is 15.5 Å². The number of likely N-dealkylation sites (N-methyl/N-ethyl adjacent to an activating group) is 1. The lowest BCUT2D eigenvalue weighted by molar-refractivity contribution is -0.126. The number of carbonyl (C=O) groups is 1. The zero-order valence-electron chi connectivity index (χ0n) is 11.0. The molecule has 0 radical (unpaired) electrons. The van der Waals surface area contributed by atoms with Gasteiger partial charge in [0, 0.05) is 13.1 Å². The highest BCUT2D eigenvalue weighted by Crippen LogP contribution is 2.13. The molecule has 1 atom stereocenters. The van der Waals surface area contributed by atoms with Crippen LogP contribution in [0.2, 0.25) is 0 Å². The monoisotopic (exact) mass is 227 g/mol. The van der Waals surface area contributed by atoms with Gasteiger partial charge in [0.25, 0.3) is 0 Å². The molecule has 1 saturated heterocycles. The fraction of sp³-hybridized carbons (Fsp3) is 0.917. The van der Waals surface area contributed by atoms with E-state index in [2.05, 4.69) is 22.6 Å². The molecule has 0 spiro atoms. The molecule has 1 rings (SSSR count). The van der Waals surface area contributed by atoms with E-state index in [-0.39, 0.29) is 5.91 Å². The molecule has 1 aliphatic rings. The van der Waals surface area contributed by atoms with Crippen molar-refractivity contribution in [3.8, 4) is 0 Å². The van der Waals surface area contributed by atoms with Crippen LogP contribution in [-0.4, -0.2) is 49.6 Å². The minimum Gasteiger partial charge on any atom is -0.354 e. The molecular formula is C12H25N3O. The van der Waals surface area contributed by atoms with Crippen molar-refractivity contribution < 1.29 is 4.79 Å². The largest absolute Gasteiger partial charge is 0.354 e. The van der Waals surface area contributed by atoms with Gasteiger partial charge in [0.05, 0.1) is 5.54 Å². The smallest absolute Gasteiger partial charge is 0.239 e. The predicted octanol–water partition coefficient (Wildman–Crippen LogP) is 0.442. The Morgan fingerprint density at radius 2 is 2.19 bits per heavy atom. The summed E-state index contributed by atoms with van der Waals surface area (Å²) < 4.78 is 0. The topological polar surface area (TPSA) is 44.4 Å². The lowest BCUT2D eigenvalue weighted by atomic mass is 10.0. The van der Waals surface area contributed by atoms with E-state index < -0.39 is 5.54 Å². The normalized spacial score (nSPS) is 22.4. The second kappa shape index (κ2) is 5.64. The average Bonchev–Trinajstić information content (AvgIpc) is 2.60. The van der Waals surface area contributed by atoms with Crippen molar-refractivity contribution in [3.05, 3.63) is 0 Å². The van der Waals surface area contributed by atoms with Gasteiger partial charge in [0.1, 0.15) is 0 Å². The van der Waals surface area contributed by atoms with Gasteiger partial charge in [0.15, 0.2) is 0 Å². The Kier molecular flexibility index (Phi) is 4.74. The Labute approximate surface area is 98.8 Å². The van der Waals surface area contributed by atoms with Crippen LogP contribution < -0.4 is 10.6 Å². The summed E-state index contributed by atoms with van der Waals surface area (Å²) in [6.45, 7) is 9.73. The van der Waals surface area contributed by atoms with E-state index in [1.165, 1.54) is 6.42 Å². The van der Waals surface area contributed by atoms with E-state index >= 15 is 0 Å². The van der Waals surface area contributed by atoms with E-state index in [0.29, 0.717) is 5.92 Å². The molecule has 1 unspecified atom stereocenters. The molecular weight excluding hydrogens is 202 g/mol. The maximum atomic E-state index is 11.9. The Hall–Kier alpha value is -0.610. The van der Waals surface area contributed by atoms with E-state index in [1.54, 1.807) is 0 Å². The van der Waals surface area contributed by atoms with Crippen molar-refractivity contribution in [2.24, 2.45) is 5.92 Å². The van der Waals surface area contributed by atoms with Gasteiger partial charge >= 0.3 is 0 Å². The van der Waals surface area contributed by atoms with Crippen molar-refractivity contribution >= 4 is 5.91 Å². The van der Waals surface area contributed by atoms with Gasteiger partial charge in [0.2, 0.25) is 5.91 Å². The van der Waals surface area contributed by atoms with Crippen LogP contribution in [-0.2, 0) is 4.79 Å². The van der Waals surface area contributed by atoms with Crippen molar-refractivity contribution in [3.63, 3.8) is 0 Å². The Balaban J connectivity index is 2.29. The van der Waals surface area contributed by atoms with Crippen LogP contribution in [0.3, 0.4) is 0 Å². The van der Waals surface area contributed by atoms with Crippen LogP contribution in [0.4, 0.5) is 0 Å². The molecule has 0 aromatic carbocycles. The number of hydrogen-bond acceptors (Lipinski definition) is 3. The first-order valence-electron chi connectivity index (χ1n) is 6.17. The number of nitrogens with zero attached hydrogens (tertiary/aromatic N) is 1. The minimum absolute atomic E-state index is 0.101. The fourth-order valence-electron chi connectivity index (χ4n) is 2.17. The van der Waals surface area contributed by atoms with E-state index in [4.69, 9.17) is 0 Å². The van der Waals surface area contributed by atoms with Gasteiger partial charge in [-0.3, -0.25) is 4.79 Å². The molecule has 4 heteroatoms. The highest BCUT2D eigenvalue weighted by Gasteiger charge is 2.27. The second-order valence-corrected chi connectivity index (χ2v) is 5.28. The number of amides is 1. The first-order chi connectivity index (χ1) is 7.45. The van der Waals surface area contributed by atoms with Crippen molar-refractivity contribution in [1.29, 1.82) is 0 Å². The number of likely N-dealkylation sites (tertiary alicyclic amines) is 1. The third-order valence-corrected chi connectivity index (χ3v) is 3.23. The molecule has 1 amide bonds. The van der Waals surface area contributed by atoms with E-state index in [0.717, 1.165) is 26.2 Å². The van der Waals surface area contributed by atoms with Gasteiger partial charge in [-0.1, -0.05) is 6.92 Å². The van der Waals surface area contributed by atoms with Gasteiger partial charge in [-0.25, -0.2) is 0 Å². The highest BCUT2D eigenvalue weighted by molar-refractivity contribution is 5.85. The second-order valence-electron chi connectivity index (χ2n) is 5.28. The molecule has 1 fully saturated rings. The van der Waals surface area contributed by atoms with Crippen LogP contribution in [0, 0.1) is 5.92 Å². The summed E-state index contributed by atoms with van der Waals surface area (Å²) in [4.78, 5) is 14.2. The lowest BCUT2D eigenvalue weighted by Crippen LogP contribution is -2.53. The number of rotatable bonds is 5. The molecule has 4 nitrogen and oxygen atoms in total. The first kappa shape index (κ1) is 13.5. The summed E-state index contributed by atoms with van der Waals surface area (Å²) in [5.41, 5.74) is -0.459. The molecule has 0 saturated carbocycles. The fourth-order valence-corrected chi connectivity index (χ4v) is 2.17. The molecule has 2 N–H and O–H groups in total. The summed E-state index contributed by atoms with van der Waals surface area (Å²) >= 11 is 0. The zero-order chi connectivity index (χ0) is 12.2. The van der Waals surface area contributed by atoms with Crippen LogP contribution in [0.15, 0.2) is 0 Å². The standard InChI is InChI=1S/C12H25N3O/c1-5-14-12(2,3)11(16)13-8-10-6-7-15(4)9-10/h10,14H,5-9H2,1-4H3,(H,13,16). The number of carbonyl (C=O) groups excluding carboxylic acids is 1. The number of nitrogens with one attached hydrogen (secondary N) is 2. The van der Waals surface area contributed by atoms with Crippen LogP contribution in [0.5, 0.6) is 0 Å². The van der Waals surface area contributed by atoms with Crippen molar-refractivity contribution in [2.75, 3.05) is 33.2 Å².